The van der Waals surface area contributed by atoms with Gasteiger partial charge in [0.15, 0.2) is 11.5 Å². The number of aromatic nitrogens is 1. The fourth-order valence-electron chi connectivity index (χ4n) is 17.3. The fraction of sp³-hybridized carbons (Fsp3) is 0.0824. The number of anilines is 6. The van der Waals surface area contributed by atoms with Crippen LogP contribution in [0.1, 0.15) is 55.5 Å². The van der Waals surface area contributed by atoms with Crippen molar-refractivity contribution in [2.75, 3.05) is 9.80 Å². The molecule has 9 heteroatoms. The van der Waals surface area contributed by atoms with Crippen LogP contribution in [-0.4, -0.2) is 18.0 Å². The van der Waals surface area contributed by atoms with Crippen molar-refractivity contribution in [1.82, 2.24) is 4.57 Å². The Morgan fingerprint density at radius 2 is 0.670 bits per heavy atom. The zero-order chi connectivity index (χ0) is 62.5. The molecule has 0 saturated heterocycles. The highest BCUT2D eigenvalue weighted by atomic mass is 16.5. The molecular weight excluding hydrogens is 1150 g/mol. The minimum absolute atomic E-state index is 0.298. The maximum atomic E-state index is 8.01. The Labute approximate surface area is 546 Å². The second-order valence-electron chi connectivity index (χ2n) is 27.0. The first-order valence-corrected chi connectivity index (χ1v) is 32.7. The van der Waals surface area contributed by atoms with Gasteiger partial charge in [0.05, 0.1) is 11.0 Å². The van der Waals surface area contributed by atoms with Crippen LogP contribution < -0.4 is 61.5 Å². The van der Waals surface area contributed by atoms with Crippen LogP contribution in [0.4, 0.5) is 34.1 Å². The molecule has 94 heavy (non-hydrogen) atoms. The van der Waals surface area contributed by atoms with Gasteiger partial charge in [-0.05, 0) is 171 Å². The highest BCUT2D eigenvalue weighted by Gasteiger charge is 2.54. The quantitative estimate of drug-likeness (QED) is 0.148. The molecular formula is C85H59B2N3O4. The summed E-state index contributed by atoms with van der Waals surface area (Å²) in [5.74, 6) is 6.48. The summed E-state index contributed by atoms with van der Waals surface area (Å²) in [5.41, 5.74) is 25.4. The monoisotopic (exact) mass is 1210 g/mol. The molecule has 6 aliphatic rings. The maximum absolute atomic E-state index is 8.01. The number of hydrogen-bond acceptors (Lipinski definition) is 6. The molecule has 444 valence electrons. The molecule has 0 bridgehead atoms. The number of nitrogens with zero attached hydrogens (tertiary/aromatic N) is 3. The first kappa shape index (κ1) is 53.3. The molecule has 0 unspecified atom stereocenters. The first-order chi connectivity index (χ1) is 46.1. The molecule has 0 amide bonds. The fourth-order valence-corrected chi connectivity index (χ4v) is 17.3. The van der Waals surface area contributed by atoms with Crippen molar-refractivity contribution in [3.05, 3.63) is 295 Å². The summed E-state index contributed by atoms with van der Waals surface area (Å²) >= 11 is 0. The number of benzene rings is 13. The average molecular weight is 1210 g/mol. The van der Waals surface area contributed by atoms with Crippen molar-refractivity contribution >= 4 is 102 Å². The molecule has 7 nitrogen and oxygen atoms in total. The van der Waals surface area contributed by atoms with Gasteiger partial charge in [-0.2, -0.15) is 0 Å². The lowest BCUT2D eigenvalue weighted by Gasteiger charge is -2.41. The molecule has 2 aliphatic carbocycles. The summed E-state index contributed by atoms with van der Waals surface area (Å²) < 4.78 is 33.5. The highest BCUT2D eigenvalue weighted by Crippen LogP contribution is 2.60. The lowest BCUT2D eigenvalue weighted by molar-refractivity contribution is 0.443. The van der Waals surface area contributed by atoms with Crippen LogP contribution in [0.15, 0.2) is 267 Å². The Balaban J connectivity index is 0.840. The minimum Gasteiger partial charge on any atom is -0.458 e. The van der Waals surface area contributed by atoms with Crippen molar-refractivity contribution in [3.63, 3.8) is 0 Å². The van der Waals surface area contributed by atoms with Crippen molar-refractivity contribution in [2.45, 2.75) is 45.4 Å². The largest absolute Gasteiger partial charge is 0.458 e. The number of fused-ring (bicyclic) bond motifs is 19. The molecule has 0 saturated carbocycles. The van der Waals surface area contributed by atoms with Crippen molar-refractivity contribution in [1.29, 1.82) is 0 Å². The van der Waals surface area contributed by atoms with Gasteiger partial charge < -0.3 is 33.3 Å². The topological polar surface area (TPSA) is 48.3 Å². The summed E-state index contributed by atoms with van der Waals surface area (Å²) in [6.07, 6.45) is 0. The van der Waals surface area contributed by atoms with E-state index in [2.05, 4.69) is 316 Å². The summed E-state index contributed by atoms with van der Waals surface area (Å²) in [7, 11) is 0. The van der Waals surface area contributed by atoms with Crippen LogP contribution >= 0.6 is 0 Å². The first-order valence-electron chi connectivity index (χ1n) is 32.7. The molecule has 0 radical (unpaired) electrons. The Kier molecular flexibility index (Phi) is 11.0. The van der Waals surface area contributed by atoms with E-state index in [-0.39, 0.29) is 13.4 Å². The average Bonchev–Trinajstić information content (AvgIpc) is 1.20. The molecule has 13 aromatic carbocycles. The van der Waals surface area contributed by atoms with Gasteiger partial charge in [0, 0.05) is 77.8 Å². The van der Waals surface area contributed by atoms with Crippen molar-refractivity contribution in [2.24, 2.45) is 0 Å². The molecule has 0 atom stereocenters. The number of para-hydroxylation sites is 8. The lowest BCUT2D eigenvalue weighted by Crippen LogP contribution is -2.63. The van der Waals surface area contributed by atoms with Crippen LogP contribution in [0, 0.1) is 6.92 Å². The predicted molar refractivity (Wildman–Crippen MR) is 385 cm³/mol. The third-order valence-electron chi connectivity index (χ3n) is 21.3. The van der Waals surface area contributed by atoms with E-state index in [0.717, 1.165) is 179 Å². The molecule has 0 N–H and O–H groups in total. The van der Waals surface area contributed by atoms with E-state index in [9.17, 15) is 0 Å². The molecule has 0 spiro atoms. The zero-order valence-electron chi connectivity index (χ0n) is 52.5. The van der Waals surface area contributed by atoms with E-state index in [1.54, 1.807) is 0 Å². The summed E-state index contributed by atoms with van der Waals surface area (Å²) in [4.78, 5) is 4.71. The van der Waals surface area contributed by atoms with Gasteiger partial charge >= 0.3 is 0 Å². The van der Waals surface area contributed by atoms with E-state index < -0.39 is 10.8 Å². The lowest BCUT2D eigenvalue weighted by atomic mass is 9.30. The van der Waals surface area contributed by atoms with Crippen molar-refractivity contribution < 1.29 is 18.9 Å². The van der Waals surface area contributed by atoms with E-state index in [0.29, 0.717) is 0 Å². The molecule has 14 aromatic rings. The van der Waals surface area contributed by atoms with E-state index >= 15 is 0 Å². The molecule has 20 rings (SSSR count). The molecule has 5 heterocycles. The zero-order valence-corrected chi connectivity index (χ0v) is 52.5. The summed E-state index contributed by atoms with van der Waals surface area (Å²) in [6.45, 7) is 11.2. The van der Waals surface area contributed by atoms with Gasteiger partial charge in [-0.25, -0.2) is 0 Å². The normalized spacial score (nSPS) is 14.5. The van der Waals surface area contributed by atoms with E-state index in [4.69, 9.17) is 18.9 Å². The third kappa shape index (κ3) is 7.18. The van der Waals surface area contributed by atoms with Gasteiger partial charge in [-0.1, -0.05) is 191 Å². The van der Waals surface area contributed by atoms with Gasteiger partial charge in [0.2, 0.25) is 0 Å². The summed E-state index contributed by atoms with van der Waals surface area (Å²) in [6, 6.07) is 96.3. The Morgan fingerprint density at radius 3 is 1.07 bits per heavy atom. The SMILES string of the molecule is Cc1c2c(c(-n3c4ccccc4c4ccccc43)c3c1B1c4ccccc4Oc4c1c(cc1c4C(C)(C)c4cc(N(c5ccccc5)c5ccccc5)ccc4-1)O3)Oc1cc3c(c4c1B2c1ccccc1O4)C(C)(C)c1cc(N(c2ccccc2)c2ccccc2)ccc1-3. The predicted octanol–water partition coefficient (Wildman–Crippen LogP) is 18.1. The molecule has 4 aliphatic heterocycles. The Bertz CT molecular complexity index is 5190. The number of ether oxygens (including phenoxy) is 4. The summed E-state index contributed by atoms with van der Waals surface area (Å²) in [5, 5.41) is 2.29. The van der Waals surface area contributed by atoms with Gasteiger partial charge in [-0.3, -0.25) is 0 Å². The molecule has 1 aromatic heterocycles. The van der Waals surface area contributed by atoms with Gasteiger partial charge in [-0.15, -0.1) is 0 Å². The van der Waals surface area contributed by atoms with Gasteiger partial charge in [0.25, 0.3) is 13.4 Å². The van der Waals surface area contributed by atoms with E-state index in [1.165, 1.54) is 11.1 Å². The third-order valence-corrected chi connectivity index (χ3v) is 21.3. The second kappa shape index (κ2) is 19.3. The number of hydrogen-bond donors (Lipinski definition) is 0. The van der Waals surface area contributed by atoms with Crippen molar-refractivity contribution in [3.8, 4) is 73.9 Å². The number of rotatable bonds is 7. The van der Waals surface area contributed by atoms with Crippen LogP contribution in [0.2, 0.25) is 0 Å². The second-order valence-corrected chi connectivity index (χ2v) is 27.0. The van der Waals surface area contributed by atoms with Crippen LogP contribution in [-0.2, 0) is 10.8 Å². The maximum Gasteiger partial charge on any atom is 0.261 e. The standard InChI is InChI=1S/C85H59B2N3O4/c1-50-75-82(93-71-48-61-57-44-42-55(88(51-26-10-6-11-27-51)52-28-12-7-13-29-52)46-63(57)84(2,3)73(61)80-77(71)86(75)65-36-20-24-40-69(65)91-80)79(90-67-38-22-18-34-59(67)60-35-19-23-39-68(60)90)83-76(50)87-66-37-21-25-41-70(66)92-81-74-62(49-72(94-83)78(81)87)58-45-43-56(47-64(58)85(74,4)5)89(53-30-14-8-15-31-53)54-32-16-9-17-33-54/h6-49H,1-5H3. The minimum atomic E-state index is -0.488. The smallest absolute Gasteiger partial charge is 0.261 e. The van der Waals surface area contributed by atoms with Gasteiger partial charge in [0.1, 0.15) is 40.2 Å². The van der Waals surface area contributed by atoms with E-state index in [1.807, 2.05) is 0 Å². The Hall–Kier alpha value is -11.4. The van der Waals surface area contributed by atoms with Crippen LogP contribution in [0.25, 0.3) is 49.7 Å². The Morgan fingerprint density at radius 1 is 0.319 bits per heavy atom. The van der Waals surface area contributed by atoms with Crippen LogP contribution in [0.5, 0.6) is 46.0 Å². The highest BCUT2D eigenvalue weighted by molar-refractivity contribution is 7.01. The van der Waals surface area contributed by atoms with Crippen LogP contribution in [0.3, 0.4) is 0 Å². The molecule has 0 fully saturated rings.